The maximum atomic E-state index is 12.3. The lowest BCUT2D eigenvalue weighted by Gasteiger charge is -2.16. The topological polar surface area (TPSA) is 109 Å². The largest absolute Gasteiger partial charge is 0.467 e. The van der Waals surface area contributed by atoms with Gasteiger partial charge in [0.05, 0.1) is 12.9 Å². The molecule has 0 aliphatic rings. The van der Waals surface area contributed by atoms with Crippen LogP contribution in [0.5, 0.6) is 0 Å². The number of esters is 1. The maximum absolute atomic E-state index is 12.3. The van der Waals surface area contributed by atoms with Crippen molar-refractivity contribution in [1.82, 2.24) is 20.5 Å². The predicted molar refractivity (Wildman–Crippen MR) is 106 cm³/mol. The molecule has 27 heavy (non-hydrogen) atoms. The van der Waals surface area contributed by atoms with Crippen molar-refractivity contribution < 1.29 is 14.3 Å². The molecule has 0 spiro atoms. The molecule has 2 heterocycles. The molecule has 0 unspecified atom stereocenters. The van der Waals surface area contributed by atoms with Crippen LogP contribution in [-0.4, -0.2) is 53.0 Å². The van der Waals surface area contributed by atoms with E-state index in [1.165, 1.54) is 30.2 Å². The fraction of sp³-hybridized carbons (Fsp3) is 0.294. The number of hydrogen-bond acceptors (Lipinski definition) is 8. The smallest absolute Gasteiger partial charge is 0.328 e. The van der Waals surface area contributed by atoms with Crippen molar-refractivity contribution in [2.75, 3.05) is 25.2 Å². The van der Waals surface area contributed by atoms with Crippen LogP contribution < -0.4 is 10.6 Å². The Hall–Kier alpha value is -2.59. The number of ether oxygens (including phenoxy) is 1. The third-order valence-corrected chi connectivity index (χ3v) is 5.94. The second-order valence-electron chi connectivity index (χ2n) is 5.62. The number of amides is 1. The molecule has 1 amide bonds. The summed E-state index contributed by atoms with van der Waals surface area (Å²) in [6.07, 6.45) is 2.19. The molecule has 0 fully saturated rings. The number of anilines is 1. The average molecular weight is 406 g/mol. The van der Waals surface area contributed by atoms with Crippen LogP contribution >= 0.6 is 23.1 Å². The molecule has 2 aromatic heterocycles. The second kappa shape index (κ2) is 8.87. The quantitative estimate of drug-likeness (QED) is 0.389. The van der Waals surface area contributed by atoms with Gasteiger partial charge in [0.2, 0.25) is 11.0 Å². The summed E-state index contributed by atoms with van der Waals surface area (Å²) in [7, 11) is 3.07. The minimum Gasteiger partial charge on any atom is -0.467 e. The molecule has 0 bridgehead atoms. The number of methoxy groups -OCH3 is 1. The molecule has 0 saturated carbocycles. The summed E-state index contributed by atoms with van der Waals surface area (Å²) in [5.41, 5.74) is 1.92. The van der Waals surface area contributed by atoms with E-state index in [0.717, 1.165) is 16.5 Å². The molecule has 10 heteroatoms. The van der Waals surface area contributed by atoms with Crippen molar-refractivity contribution in [2.24, 2.45) is 0 Å². The number of rotatable bonds is 8. The first-order valence-corrected chi connectivity index (χ1v) is 9.97. The SMILES string of the molecule is CNc1nnc(SCC(=O)N[C@@H](Cc2c[nH]c3ccccc23)C(=O)OC)s1. The van der Waals surface area contributed by atoms with Gasteiger partial charge >= 0.3 is 5.97 Å². The van der Waals surface area contributed by atoms with Gasteiger partial charge in [-0.05, 0) is 11.6 Å². The predicted octanol–water partition coefficient (Wildman–Crippen LogP) is 2.05. The molecule has 1 atom stereocenters. The fourth-order valence-corrected chi connectivity index (χ4v) is 4.10. The van der Waals surface area contributed by atoms with Gasteiger partial charge in [0.25, 0.3) is 0 Å². The highest BCUT2D eigenvalue weighted by molar-refractivity contribution is 8.01. The van der Waals surface area contributed by atoms with Crippen LogP contribution in [-0.2, 0) is 20.7 Å². The number of benzene rings is 1. The van der Waals surface area contributed by atoms with E-state index in [1.807, 2.05) is 30.5 Å². The molecule has 0 radical (unpaired) electrons. The molecule has 0 saturated heterocycles. The first-order chi connectivity index (χ1) is 13.1. The Morgan fingerprint density at radius 1 is 1.33 bits per heavy atom. The van der Waals surface area contributed by atoms with Crippen molar-refractivity contribution in [3.8, 4) is 0 Å². The zero-order valence-corrected chi connectivity index (χ0v) is 16.4. The van der Waals surface area contributed by atoms with Crippen LogP contribution in [0.4, 0.5) is 5.13 Å². The van der Waals surface area contributed by atoms with E-state index in [-0.39, 0.29) is 11.7 Å². The number of carbonyl (C=O) groups is 2. The van der Waals surface area contributed by atoms with Gasteiger partial charge in [-0.15, -0.1) is 10.2 Å². The van der Waals surface area contributed by atoms with Gasteiger partial charge in [0.15, 0.2) is 4.34 Å². The molecule has 8 nitrogen and oxygen atoms in total. The molecule has 142 valence electrons. The molecule has 1 aromatic carbocycles. The molecular formula is C17H19N5O3S2. The van der Waals surface area contributed by atoms with Gasteiger partial charge in [-0.1, -0.05) is 41.3 Å². The minimum absolute atomic E-state index is 0.139. The Bertz CT molecular complexity index is 939. The average Bonchev–Trinajstić information content (AvgIpc) is 3.32. The van der Waals surface area contributed by atoms with E-state index >= 15 is 0 Å². The normalized spacial score (nSPS) is 11.9. The number of carbonyl (C=O) groups excluding carboxylic acids is 2. The molecule has 0 aliphatic heterocycles. The summed E-state index contributed by atoms with van der Waals surface area (Å²) in [6, 6.07) is 7.05. The van der Waals surface area contributed by atoms with E-state index in [4.69, 9.17) is 4.74 Å². The number of hydrogen-bond donors (Lipinski definition) is 3. The van der Waals surface area contributed by atoms with Crippen LogP contribution in [0.1, 0.15) is 5.56 Å². The summed E-state index contributed by atoms with van der Waals surface area (Å²) in [4.78, 5) is 27.6. The Morgan fingerprint density at radius 2 is 2.15 bits per heavy atom. The highest BCUT2D eigenvalue weighted by atomic mass is 32.2. The molecule has 3 aromatic rings. The number of fused-ring (bicyclic) bond motifs is 1. The highest BCUT2D eigenvalue weighted by Gasteiger charge is 2.23. The Morgan fingerprint density at radius 3 is 2.89 bits per heavy atom. The van der Waals surface area contributed by atoms with Crippen LogP contribution in [0.3, 0.4) is 0 Å². The monoisotopic (exact) mass is 405 g/mol. The fourth-order valence-electron chi connectivity index (χ4n) is 2.59. The number of H-pyrrole nitrogens is 1. The van der Waals surface area contributed by atoms with Gasteiger partial charge in [-0.3, -0.25) is 4.79 Å². The minimum atomic E-state index is -0.760. The first kappa shape index (κ1) is 19.2. The Kier molecular flexibility index (Phi) is 6.30. The molecule has 3 N–H and O–H groups in total. The third kappa shape index (κ3) is 4.77. The number of aromatic amines is 1. The Labute approximate surface area is 164 Å². The first-order valence-electron chi connectivity index (χ1n) is 8.17. The lowest BCUT2D eigenvalue weighted by Crippen LogP contribution is -2.43. The summed E-state index contributed by atoms with van der Waals surface area (Å²) in [5.74, 6) is -0.608. The van der Waals surface area contributed by atoms with Crippen molar-refractivity contribution in [1.29, 1.82) is 0 Å². The van der Waals surface area contributed by atoms with Crippen molar-refractivity contribution in [2.45, 2.75) is 16.8 Å². The molecular weight excluding hydrogens is 386 g/mol. The lowest BCUT2D eigenvalue weighted by molar-refractivity contribution is -0.144. The zero-order valence-electron chi connectivity index (χ0n) is 14.8. The summed E-state index contributed by atoms with van der Waals surface area (Å²) in [6.45, 7) is 0. The highest BCUT2D eigenvalue weighted by Crippen LogP contribution is 2.25. The van der Waals surface area contributed by atoms with Gasteiger partial charge in [0.1, 0.15) is 6.04 Å². The number of aromatic nitrogens is 3. The van der Waals surface area contributed by atoms with Crippen LogP contribution in [0.25, 0.3) is 10.9 Å². The number of nitrogens with one attached hydrogen (secondary N) is 3. The van der Waals surface area contributed by atoms with E-state index in [9.17, 15) is 9.59 Å². The lowest BCUT2D eigenvalue weighted by atomic mass is 10.0. The van der Waals surface area contributed by atoms with Crippen LogP contribution in [0, 0.1) is 0 Å². The summed E-state index contributed by atoms with van der Waals surface area (Å²) in [5, 5.41) is 15.3. The van der Waals surface area contributed by atoms with Crippen molar-refractivity contribution >= 4 is 51.0 Å². The maximum Gasteiger partial charge on any atom is 0.328 e. The standard InChI is InChI=1S/C17H19N5O3S2/c1-18-16-21-22-17(27-16)26-9-14(23)20-13(15(24)25-2)7-10-8-19-12-6-4-3-5-11(10)12/h3-6,8,13,19H,7,9H2,1-2H3,(H,18,21)(H,20,23)/t13-/m0/s1. The molecule has 3 rings (SSSR count). The van der Waals surface area contributed by atoms with Gasteiger partial charge in [0, 0.05) is 30.6 Å². The number of nitrogens with zero attached hydrogens (tertiary/aromatic N) is 2. The summed E-state index contributed by atoms with van der Waals surface area (Å²) < 4.78 is 5.54. The Balaban J connectivity index is 1.64. The van der Waals surface area contributed by atoms with Gasteiger partial charge in [-0.25, -0.2) is 4.79 Å². The van der Waals surface area contributed by atoms with Crippen molar-refractivity contribution in [3.63, 3.8) is 0 Å². The van der Waals surface area contributed by atoms with E-state index < -0.39 is 12.0 Å². The van der Waals surface area contributed by atoms with Gasteiger partial charge < -0.3 is 20.4 Å². The zero-order chi connectivity index (χ0) is 19.2. The van der Waals surface area contributed by atoms with E-state index in [0.29, 0.717) is 15.9 Å². The molecule has 0 aliphatic carbocycles. The van der Waals surface area contributed by atoms with Crippen LogP contribution in [0.15, 0.2) is 34.8 Å². The third-order valence-electron chi connectivity index (χ3n) is 3.87. The van der Waals surface area contributed by atoms with Gasteiger partial charge in [-0.2, -0.15) is 0 Å². The number of thioether (sulfide) groups is 1. The second-order valence-corrected chi connectivity index (χ2v) is 7.82. The number of para-hydroxylation sites is 1. The van der Waals surface area contributed by atoms with Crippen LogP contribution in [0.2, 0.25) is 0 Å². The van der Waals surface area contributed by atoms with E-state index in [1.54, 1.807) is 7.05 Å². The van der Waals surface area contributed by atoms with E-state index in [2.05, 4.69) is 25.8 Å². The van der Waals surface area contributed by atoms with Crippen molar-refractivity contribution in [3.05, 3.63) is 36.0 Å². The summed E-state index contributed by atoms with van der Waals surface area (Å²) >= 11 is 2.63.